The molecular weight excluding hydrogens is 413 g/mol. The molecule has 0 aliphatic rings. The summed E-state index contributed by atoms with van der Waals surface area (Å²) in [5, 5.41) is 1.01. The third kappa shape index (κ3) is 3.92. The van der Waals surface area contributed by atoms with Gasteiger partial charge in [-0.2, -0.15) is 0 Å². The summed E-state index contributed by atoms with van der Waals surface area (Å²) in [6.45, 7) is 1.83. The quantitative estimate of drug-likeness (QED) is 0.502. The molecule has 1 amide bonds. The van der Waals surface area contributed by atoms with E-state index < -0.39 is 5.82 Å². The molecule has 5 nitrogen and oxygen atoms in total. The number of nitrogens with zero attached hydrogens (tertiary/aromatic N) is 2. The molecule has 4 aromatic rings. The molecule has 146 valence electrons. The molecule has 0 radical (unpaired) electrons. The first-order valence-electron chi connectivity index (χ1n) is 8.71. The van der Waals surface area contributed by atoms with Gasteiger partial charge >= 0.3 is 0 Å². The van der Waals surface area contributed by atoms with Gasteiger partial charge in [-0.25, -0.2) is 9.37 Å². The van der Waals surface area contributed by atoms with Crippen LogP contribution in [0.25, 0.3) is 10.9 Å². The van der Waals surface area contributed by atoms with Crippen LogP contribution in [0.4, 0.5) is 10.1 Å². The molecule has 0 aliphatic heterocycles. The van der Waals surface area contributed by atoms with E-state index in [4.69, 9.17) is 11.6 Å². The predicted octanol–water partition coefficient (Wildman–Crippen LogP) is 4.93. The Balaban J connectivity index is 1.86. The Labute approximate surface area is 174 Å². The number of pyridine rings is 1. The molecule has 0 saturated heterocycles. The number of carbonyl (C=O) groups excluding carboxylic acids is 1. The lowest BCUT2D eigenvalue weighted by molar-refractivity contribution is 0.0988. The maximum atomic E-state index is 13.9. The van der Waals surface area contributed by atoms with Gasteiger partial charge < -0.3 is 9.88 Å². The molecule has 2 aromatic heterocycles. The Bertz CT molecular complexity index is 1280. The van der Waals surface area contributed by atoms with Gasteiger partial charge in [-0.15, -0.1) is 11.3 Å². The Morgan fingerprint density at radius 1 is 1.24 bits per heavy atom. The van der Waals surface area contributed by atoms with Crippen LogP contribution in [-0.4, -0.2) is 15.9 Å². The van der Waals surface area contributed by atoms with Crippen molar-refractivity contribution in [2.24, 2.45) is 0 Å². The number of rotatable bonds is 4. The standard InChI is InChI=1S/C21H15ClFN3O2S/c1-12-20(29-11-24-12)21(28)26(16-4-2-3-14(22)8-16)10-13-7-19(27)25-18-6-5-15(23)9-17(13)18/h2-9,11H,10H2,1H3,(H,25,27). The number of hydrogen-bond donors (Lipinski definition) is 1. The van der Waals surface area contributed by atoms with E-state index in [1.54, 1.807) is 36.7 Å². The lowest BCUT2D eigenvalue weighted by atomic mass is 10.1. The van der Waals surface area contributed by atoms with Crippen molar-refractivity contribution in [3.05, 3.63) is 91.4 Å². The minimum atomic E-state index is -0.426. The fourth-order valence-corrected chi connectivity index (χ4v) is 4.09. The summed E-state index contributed by atoms with van der Waals surface area (Å²) in [5.74, 6) is -0.693. The fraction of sp³-hybridized carbons (Fsp3) is 0.0952. The number of benzene rings is 2. The number of H-pyrrole nitrogens is 1. The molecular formula is C21H15ClFN3O2S. The first-order chi connectivity index (χ1) is 13.9. The van der Waals surface area contributed by atoms with Gasteiger partial charge in [0.15, 0.2) is 0 Å². The summed E-state index contributed by atoms with van der Waals surface area (Å²) >= 11 is 7.38. The molecule has 0 bridgehead atoms. The van der Waals surface area contributed by atoms with E-state index in [1.165, 1.54) is 40.5 Å². The summed E-state index contributed by atoms with van der Waals surface area (Å²) in [6, 6.07) is 12.4. The highest BCUT2D eigenvalue weighted by molar-refractivity contribution is 7.12. The summed E-state index contributed by atoms with van der Waals surface area (Å²) < 4.78 is 13.9. The van der Waals surface area contributed by atoms with Crippen molar-refractivity contribution in [2.75, 3.05) is 4.90 Å². The zero-order valence-electron chi connectivity index (χ0n) is 15.3. The normalized spacial score (nSPS) is 11.0. The SMILES string of the molecule is Cc1ncsc1C(=O)N(Cc1cc(=O)[nH]c2ccc(F)cc12)c1cccc(Cl)c1. The highest BCUT2D eigenvalue weighted by Gasteiger charge is 2.23. The third-order valence-electron chi connectivity index (χ3n) is 4.52. The molecule has 0 unspecified atom stereocenters. The first-order valence-corrected chi connectivity index (χ1v) is 9.97. The number of fused-ring (bicyclic) bond motifs is 1. The zero-order valence-corrected chi connectivity index (χ0v) is 16.9. The highest BCUT2D eigenvalue weighted by atomic mass is 35.5. The highest BCUT2D eigenvalue weighted by Crippen LogP contribution is 2.27. The van der Waals surface area contributed by atoms with Gasteiger partial charge in [0.1, 0.15) is 10.7 Å². The Morgan fingerprint density at radius 2 is 2.07 bits per heavy atom. The molecule has 4 rings (SSSR count). The van der Waals surface area contributed by atoms with E-state index in [0.29, 0.717) is 37.7 Å². The van der Waals surface area contributed by atoms with Gasteiger partial charge in [-0.1, -0.05) is 17.7 Å². The Kier molecular flexibility index (Phi) is 5.17. The number of hydrogen-bond acceptors (Lipinski definition) is 4. The second kappa shape index (κ2) is 7.77. The third-order valence-corrected chi connectivity index (χ3v) is 5.68. The van der Waals surface area contributed by atoms with Gasteiger partial charge in [0, 0.05) is 27.7 Å². The van der Waals surface area contributed by atoms with Crippen LogP contribution >= 0.6 is 22.9 Å². The number of aryl methyl sites for hydroxylation is 1. The van der Waals surface area contributed by atoms with Crippen molar-refractivity contribution in [1.29, 1.82) is 0 Å². The van der Waals surface area contributed by atoms with Crippen molar-refractivity contribution in [3.63, 3.8) is 0 Å². The minimum absolute atomic E-state index is 0.0698. The van der Waals surface area contributed by atoms with Crippen molar-refractivity contribution in [1.82, 2.24) is 9.97 Å². The smallest absolute Gasteiger partial charge is 0.270 e. The van der Waals surface area contributed by atoms with E-state index in [0.717, 1.165) is 0 Å². The maximum Gasteiger partial charge on any atom is 0.270 e. The van der Waals surface area contributed by atoms with Gasteiger partial charge in [0.2, 0.25) is 5.56 Å². The van der Waals surface area contributed by atoms with Crippen molar-refractivity contribution >= 4 is 45.4 Å². The summed E-state index contributed by atoms with van der Waals surface area (Å²) in [4.78, 5) is 34.3. The number of carbonyl (C=O) groups is 1. The van der Waals surface area contributed by atoms with Crippen LogP contribution in [0.2, 0.25) is 5.02 Å². The molecule has 0 fully saturated rings. The van der Waals surface area contributed by atoms with E-state index in [1.807, 2.05) is 0 Å². The molecule has 2 heterocycles. The van der Waals surface area contributed by atoms with Crippen molar-refractivity contribution in [3.8, 4) is 0 Å². The van der Waals surface area contributed by atoms with Crippen LogP contribution in [0.15, 0.2) is 58.8 Å². The van der Waals surface area contributed by atoms with E-state index in [-0.39, 0.29) is 18.0 Å². The van der Waals surface area contributed by atoms with Gasteiger partial charge in [-0.05, 0) is 48.9 Å². The molecule has 0 saturated carbocycles. The van der Waals surface area contributed by atoms with Crippen LogP contribution in [0.1, 0.15) is 20.9 Å². The average molecular weight is 428 g/mol. The number of aromatic nitrogens is 2. The van der Waals surface area contributed by atoms with Crippen LogP contribution in [0.3, 0.4) is 0 Å². The Hall–Kier alpha value is -3.03. The van der Waals surface area contributed by atoms with Crippen molar-refractivity contribution < 1.29 is 9.18 Å². The lowest BCUT2D eigenvalue weighted by Crippen LogP contribution is -2.31. The summed E-state index contributed by atoms with van der Waals surface area (Å²) in [5.41, 5.74) is 3.50. The predicted molar refractivity (Wildman–Crippen MR) is 113 cm³/mol. The first kappa shape index (κ1) is 19.3. The van der Waals surface area contributed by atoms with Crippen LogP contribution in [-0.2, 0) is 6.54 Å². The van der Waals surface area contributed by atoms with Gasteiger partial charge in [0.25, 0.3) is 5.91 Å². The molecule has 0 spiro atoms. The van der Waals surface area contributed by atoms with Gasteiger partial charge in [0.05, 0.1) is 17.7 Å². The topological polar surface area (TPSA) is 66.1 Å². The van der Waals surface area contributed by atoms with Crippen molar-refractivity contribution in [2.45, 2.75) is 13.5 Å². The molecule has 2 aromatic carbocycles. The number of amides is 1. The molecule has 0 aliphatic carbocycles. The summed E-state index contributed by atoms with van der Waals surface area (Å²) in [7, 11) is 0. The minimum Gasteiger partial charge on any atom is -0.322 e. The number of aromatic amines is 1. The fourth-order valence-electron chi connectivity index (χ4n) is 3.15. The zero-order chi connectivity index (χ0) is 20.5. The lowest BCUT2D eigenvalue weighted by Gasteiger charge is -2.23. The Morgan fingerprint density at radius 3 is 2.79 bits per heavy atom. The van der Waals surface area contributed by atoms with E-state index in [2.05, 4.69) is 9.97 Å². The summed E-state index contributed by atoms with van der Waals surface area (Å²) in [6.07, 6.45) is 0. The number of nitrogens with one attached hydrogen (secondary N) is 1. The van der Waals surface area contributed by atoms with E-state index >= 15 is 0 Å². The second-order valence-corrected chi connectivity index (χ2v) is 7.78. The number of anilines is 1. The monoisotopic (exact) mass is 427 g/mol. The van der Waals surface area contributed by atoms with Gasteiger partial charge in [-0.3, -0.25) is 9.59 Å². The maximum absolute atomic E-state index is 13.9. The van der Waals surface area contributed by atoms with Crippen LogP contribution in [0.5, 0.6) is 0 Å². The molecule has 1 N–H and O–H groups in total. The number of halogens is 2. The van der Waals surface area contributed by atoms with E-state index in [9.17, 15) is 14.0 Å². The number of thiazole rings is 1. The average Bonchev–Trinajstić information content (AvgIpc) is 3.11. The molecule has 29 heavy (non-hydrogen) atoms. The molecule has 8 heteroatoms. The van der Waals surface area contributed by atoms with Crippen LogP contribution in [0, 0.1) is 12.7 Å². The molecule has 0 atom stereocenters. The van der Waals surface area contributed by atoms with Crippen LogP contribution < -0.4 is 10.5 Å². The largest absolute Gasteiger partial charge is 0.322 e. The second-order valence-electron chi connectivity index (χ2n) is 6.49.